The fourth-order valence-electron chi connectivity index (χ4n) is 6.65. The maximum atomic E-state index is 6.67. The summed E-state index contributed by atoms with van der Waals surface area (Å²) in [5.74, 6) is 2.10. The van der Waals surface area contributed by atoms with Crippen LogP contribution in [0.1, 0.15) is 105 Å². The molecule has 0 atom stereocenters. The summed E-state index contributed by atoms with van der Waals surface area (Å²) in [4.78, 5) is 4.84. The average Bonchev–Trinajstić information content (AvgIpc) is 3.70. The zero-order chi connectivity index (χ0) is 38.1. The van der Waals surface area contributed by atoms with Crippen LogP contribution in [0.2, 0.25) is 0 Å². The van der Waals surface area contributed by atoms with Gasteiger partial charge in [-0.2, -0.15) is 17.7 Å². The molecular formula is C48H52N4OPt-2. The van der Waals surface area contributed by atoms with Gasteiger partial charge in [0.2, 0.25) is 0 Å². The molecule has 0 spiro atoms. The Balaban J connectivity index is 0.00000497. The summed E-state index contributed by atoms with van der Waals surface area (Å²) in [5.41, 5.74) is 8.80. The molecule has 7 aromatic rings. The molecule has 0 radical (unpaired) electrons. The Morgan fingerprint density at radius 2 is 1.24 bits per heavy atom. The third-order valence-electron chi connectivity index (χ3n) is 10.1. The molecule has 0 aliphatic rings. The molecule has 0 saturated carbocycles. The van der Waals surface area contributed by atoms with Gasteiger partial charge >= 0.3 is 0 Å². The largest absolute Gasteiger partial charge is 0.510 e. The van der Waals surface area contributed by atoms with Crippen molar-refractivity contribution in [3.8, 4) is 28.7 Å². The van der Waals surface area contributed by atoms with Gasteiger partial charge in [-0.15, -0.1) is 29.7 Å². The maximum Gasteiger partial charge on any atom is 0.267 e. The predicted octanol–water partition coefficient (Wildman–Crippen LogP) is 11.6. The van der Waals surface area contributed by atoms with Crippen LogP contribution >= 0.6 is 0 Å². The van der Waals surface area contributed by atoms with Gasteiger partial charge in [-0.3, -0.25) is 4.57 Å². The van der Waals surface area contributed by atoms with E-state index in [9.17, 15) is 0 Å². The SMILES string of the molecule is CC(C)(C)c1cc(Oc2[c-]c3c(cc2)c2ccccc2n3-c2cc(C(C)(C)C)ccn2)[c-]c(-n2[c-][n+](-c3cc(C(C)(C)C)cc(C(C)(C)C)c3)cc2)c1.[Pt]. The van der Waals surface area contributed by atoms with Gasteiger partial charge < -0.3 is 13.9 Å². The number of benzene rings is 4. The van der Waals surface area contributed by atoms with Gasteiger partial charge in [0.1, 0.15) is 5.82 Å². The number of pyridine rings is 1. The van der Waals surface area contributed by atoms with Gasteiger partial charge in [-0.1, -0.05) is 113 Å². The van der Waals surface area contributed by atoms with E-state index in [4.69, 9.17) is 9.72 Å². The minimum atomic E-state index is -0.127. The summed E-state index contributed by atoms with van der Waals surface area (Å²) < 4.78 is 12.9. The van der Waals surface area contributed by atoms with Crippen LogP contribution in [0.5, 0.6) is 11.5 Å². The number of fused-ring (bicyclic) bond motifs is 3. The smallest absolute Gasteiger partial charge is 0.267 e. The first kappa shape index (κ1) is 39.2. The van der Waals surface area contributed by atoms with E-state index < -0.39 is 0 Å². The Labute approximate surface area is 336 Å². The summed E-state index contributed by atoms with van der Waals surface area (Å²) in [6, 6.07) is 35.2. The quantitative estimate of drug-likeness (QED) is 0.127. The third kappa shape index (κ3) is 7.84. The second kappa shape index (κ2) is 14.0. The number of nitrogens with zero attached hydrogens (tertiary/aromatic N) is 4. The van der Waals surface area contributed by atoms with E-state index in [1.165, 1.54) is 16.7 Å². The van der Waals surface area contributed by atoms with E-state index in [0.29, 0.717) is 11.5 Å². The van der Waals surface area contributed by atoms with E-state index in [2.05, 4.69) is 190 Å². The number of aromatic nitrogens is 4. The van der Waals surface area contributed by atoms with Crippen LogP contribution in [0.15, 0.2) is 97.5 Å². The first-order valence-electron chi connectivity index (χ1n) is 18.6. The van der Waals surface area contributed by atoms with Crippen molar-refractivity contribution in [3.63, 3.8) is 0 Å². The fraction of sp³-hybridized carbons (Fsp3) is 0.333. The molecule has 0 aliphatic heterocycles. The van der Waals surface area contributed by atoms with Crippen LogP contribution in [-0.4, -0.2) is 14.1 Å². The summed E-state index contributed by atoms with van der Waals surface area (Å²) in [5, 5.41) is 2.25. The summed E-state index contributed by atoms with van der Waals surface area (Å²) >= 11 is 0. The van der Waals surface area contributed by atoms with Crippen LogP contribution in [0, 0.1) is 18.5 Å². The number of para-hydroxylation sites is 1. The normalized spacial score (nSPS) is 12.7. The fourth-order valence-corrected chi connectivity index (χ4v) is 6.65. The molecule has 0 aliphatic carbocycles. The maximum absolute atomic E-state index is 6.67. The van der Waals surface area contributed by atoms with Crippen molar-refractivity contribution >= 4 is 21.8 Å². The average molecular weight is 896 g/mol. The number of ether oxygens (including phenoxy) is 1. The van der Waals surface area contributed by atoms with E-state index in [-0.39, 0.29) is 42.7 Å². The van der Waals surface area contributed by atoms with Gasteiger partial charge in [0.15, 0.2) is 0 Å². The molecule has 4 aromatic carbocycles. The first-order chi connectivity index (χ1) is 24.8. The molecule has 0 saturated heterocycles. The number of hydrogen-bond acceptors (Lipinski definition) is 2. The zero-order valence-corrected chi connectivity index (χ0v) is 36.0. The van der Waals surface area contributed by atoms with Crippen molar-refractivity contribution < 1.29 is 30.4 Å². The van der Waals surface area contributed by atoms with Crippen LogP contribution in [-0.2, 0) is 42.7 Å². The van der Waals surface area contributed by atoms with Gasteiger partial charge in [0.05, 0.1) is 5.69 Å². The van der Waals surface area contributed by atoms with E-state index in [1.807, 2.05) is 23.0 Å². The molecule has 7 rings (SSSR count). The van der Waals surface area contributed by atoms with Gasteiger partial charge in [0.25, 0.3) is 6.33 Å². The van der Waals surface area contributed by atoms with Gasteiger partial charge in [0, 0.05) is 56.7 Å². The third-order valence-corrected chi connectivity index (χ3v) is 10.1. The van der Waals surface area contributed by atoms with Crippen molar-refractivity contribution in [2.75, 3.05) is 0 Å². The molecule has 0 bridgehead atoms. The molecule has 0 unspecified atom stereocenters. The molecule has 3 heterocycles. The van der Waals surface area contributed by atoms with Crippen molar-refractivity contribution in [2.24, 2.45) is 0 Å². The molecule has 54 heavy (non-hydrogen) atoms. The Morgan fingerprint density at radius 1 is 0.611 bits per heavy atom. The zero-order valence-electron chi connectivity index (χ0n) is 33.8. The predicted molar refractivity (Wildman–Crippen MR) is 217 cm³/mol. The Hall–Kier alpha value is -4.47. The van der Waals surface area contributed by atoms with Crippen LogP contribution in [0.3, 0.4) is 0 Å². The summed E-state index contributed by atoms with van der Waals surface area (Å²) in [6.07, 6.45) is 9.59. The monoisotopic (exact) mass is 895 g/mol. The molecule has 0 N–H and O–H groups in total. The molecule has 5 nitrogen and oxygen atoms in total. The Kier molecular flexibility index (Phi) is 10.2. The van der Waals surface area contributed by atoms with Crippen LogP contribution < -0.4 is 9.30 Å². The van der Waals surface area contributed by atoms with E-state index in [0.717, 1.165) is 44.6 Å². The van der Waals surface area contributed by atoms with Gasteiger partial charge in [-0.05, 0) is 79.8 Å². The number of rotatable bonds is 5. The second-order valence-corrected chi connectivity index (χ2v) is 18.5. The number of hydrogen-bond donors (Lipinski definition) is 0. The Morgan fingerprint density at radius 3 is 1.89 bits per heavy atom. The summed E-state index contributed by atoms with van der Waals surface area (Å²) in [6.45, 7) is 26.9. The van der Waals surface area contributed by atoms with E-state index in [1.54, 1.807) is 0 Å². The first-order valence-corrected chi connectivity index (χ1v) is 18.6. The molecular weight excluding hydrogens is 844 g/mol. The minimum absolute atomic E-state index is 0. The summed E-state index contributed by atoms with van der Waals surface area (Å²) in [7, 11) is 0. The van der Waals surface area contributed by atoms with Crippen molar-refractivity contribution in [3.05, 3.63) is 138 Å². The van der Waals surface area contributed by atoms with Crippen molar-refractivity contribution in [1.29, 1.82) is 0 Å². The van der Waals surface area contributed by atoms with Crippen molar-refractivity contribution in [2.45, 2.75) is 105 Å². The molecule has 6 heteroatoms. The van der Waals surface area contributed by atoms with Crippen molar-refractivity contribution in [1.82, 2.24) is 14.1 Å². The Bertz CT molecular complexity index is 2440. The molecule has 0 fully saturated rings. The topological polar surface area (TPSA) is 35.9 Å². The van der Waals surface area contributed by atoms with E-state index >= 15 is 0 Å². The second-order valence-electron chi connectivity index (χ2n) is 18.5. The minimum Gasteiger partial charge on any atom is -0.510 e. The standard InChI is InChI=1S/C48H52N4O.Pt/c1-45(2,3)32-19-20-49-44(28-32)52-42-16-14-13-15-40(42)41-18-17-38(30-43(41)52)53-39-27-35(48(10,11)12)26-37(29-39)51-22-21-50(31-51)36-24-33(46(4,5)6)23-34(25-36)47(7,8)9;/h13-28H,1-12H3;/q-2;. The molecule has 3 aromatic heterocycles. The number of imidazole rings is 1. The molecule has 0 amide bonds. The van der Waals surface area contributed by atoms with Crippen LogP contribution in [0.4, 0.5) is 0 Å². The van der Waals surface area contributed by atoms with Gasteiger partial charge in [-0.25, -0.2) is 4.98 Å². The molecule has 282 valence electrons. The van der Waals surface area contributed by atoms with Crippen LogP contribution in [0.25, 0.3) is 39.0 Å².